The Bertz CT molecular complexity index is 973. The van der Waals surface area contributed by atoms with Crippen LogP contribution in [0.15, 0.2) is 0 Å². The van der Waals surface area contributed by atoms with Gasteiger partial charge in [0.2, 0.25) is 5.82 Å². The normalized spacial score (nSPS) is 11.2. The van der Waals surface area contributed by atoms with Crippen LogP contribution in [0.2, 0.25) is 0 Å². The third-order valence-corrected chi connectivity index (χ3v) is 2.97. The van der Waals surface area contributed by atoms with E-state index in [1.165, 1.54) is 0 Å². The molecule has 26 heavy (non-hydrogen) atoms. The largest absolute Gasteiger partial charge is 0.754 e. The Morgan fingerprint density at radius 3 is 1.73 bits per heavy atom. The number of hydrogen-bond acceptors (Lipinski definition) is 14. The molecule has 20 heteroatoms. The number of rotatable bonds is 6. The van der Waals surface area contributed by atoms with E-state index in [1.54, 1.807) is 0 Å². The highest BCUT2D eigenvalue weighted by Crippen LogP contribution is 2.36. The maximum atomic E-state index is 11.2. The molecular formula is C6H2N10O10. The van der Waals surface area contributed by atoms with Crippen molar-refractivity contribution in [2.45, 2.75) is 5.79 Å². The van der Waals surface area contributed by atoms with Gasteiger partial charge in [0.15, 0.2) is 14.8 Å². The average molecular weight is 374 g/mol. The molecule has 2 heterocycles. The van der Waals surface area contributed by atoms with Gasteiger partial charge in [0.05, 0.1) is 10.0 Å². The average Bonchev–Trinajstić information content (AvgIpc) is 2.87. The molecule has 0 saturated heterocycles. The van der Waals surface area contributed by atoms with Crippen LogP contribution in [0, 0.1) is 50.6 Å². The van der Waals surface area contributed by atoms with Crippen molar-refractivity contribution in [3.05, 3.63) is 56.3 Å². The summed E-state index contributed by atoms with van der Waals surface area (Å²) in [6.45, 7) is 0. The molecule has 0 atom stereocenters. The van der Waals surface area contributed by atoms with Crippen molar-refractivity contribution in [1.29, 1.82) is 0 Å². The summed E-state index contributed by atoms with van der Waals surface area (Å²) in [4.78, 5) is 46.4. The van der Waals surface area contributed by atoms with Gasteiger partial charge in [-0.2, -0.15) is 4.52 Å². The predicted molar refractivity (Wildman–Crippen MR) is 71.2 cm³/mol. The molecule has 0 unspecified atom stereocenters. The van der Waals surface area contributed by atoms with Crippen LogP contribution in [0.25, 0.3) is 5.65 Å². The quantitative estimate of drug-likeness (QED) is 0.340. The second-order valence-corrected chi connectivity index (χ2v) is 4.26. The minimum Gasteiger partial charge on any atom is -0.376 e. The SMILES string of the molecule is Nc1c([N+](=O)[O-])nnc2c([N+](=O)[O-])c(C([N+](=O)[O-])([N+](=O)[O-])[N+](=O)[O-])nn12. The summed E-state index contributed by atoms with van der Waals surface area (Å²) in [5.74, 6) is -6.74. The topological polar surface area (TPSA) is 285 Å². The Morgan fingerprint density at radius 1 is 0.846 bits per heavy atom. The second kappa shape index (κ2) is 5.46. The van der Waals surface area contributed by atoms with Crippen LogP contribution in [0.5, 0.6) is 0 Å². The first kappa shape index (κ1) is 17.7. The Labute approximate surface area is 136 Å². The minimum absolute atomic E-state index is 0.0455. The first-order valence-corrected chi connectivity index (χ1v) is 5.75. The van der Waals surface area contributed by atoms with Crippen molar-refractivity contribution >= 4 is 23.0 Å². The number of aromatic nitrogens is 4. The second-order valence-electron chi connectivity index (χ2n) is 4.26. The molecule has 0 spiro atoms. The van der Waals surface area contributed by atoms with Crippen molar-refractivity contribution in [3.63, 3.8) is 0 Å². The molecule has 0 bridgehead atoms. The number of hydrogen-bond donors (Lipinski definition) is 1. The van der Waals surface area contributed by atoms with E-state index >= 15 is 0 Å². The number of nitrogens with zero attached hydrogens (tertiary/aromatic N) is 9. The lowest BCUT2D eigenvalue weighted by atomic mass is 10.2. The van der Waals surface area contributed by atoms with Crippen LogP contribution in [-0.4, -0.2) is 44.4 Å². The van der Waals surface area contributed by atoms with E-state index in [4.69, 9.17) is 5.73 Å². The molecule has 2 N–H and O–H groups in total. The zero-order valence-electron chi connectivity index (χ0n) is 11.7. The van der Waals surface area contributed by atoms with Gasteiger partial charge in [-0.25, -0.2) is 0 Å². The van der Waals surface area contributed by atoms with Crippen LogP contribution >= 0.6 is 0 Å². The Balaban J connectivity index is 3.10. The van der Waals surface area contributed by atoms with Gasteiger partial charge < -0.3 is 15.8 Å². The number of nitrogen functional groups attached to an aromatic ring is 1. The number of fused-ring (bicyclic) bond motifs is 1. The van der Waals surface area contributed by atoms with E-state index in [2.05, 4.69) is 15.3 Å². The molecule has 0 amide bonds. The summed E-state index contributed by atoms with van der Waals surface area (Å²) < 4.78 is 0.0455. The van der Waals surface area contributed by atoms with E-state index in [0.29, 0.717) is 0 Å². The summed E-state index contributed by atoms with van der Waals surface area (Å²) in [6.07, 6.45) is 0. The van der Waals surface area contributed by atoms with Crippen LogP contribution < -0.4 is 5.73 Å². The summed E-state index contributed by atoms with van der Waals surface area (Å²) in [7, 11) is 0. The summed E-state index contributed by atoms with van der Waals surface area (Å²) >= 11 is 0. The Kier molecular flexibility index (Phi) is 3.72. The van der Waals surface area contributed by atoms with E-state index in [1.807, 2.05) is 0 Å². The summed E-state index contributed by atoms with van der Waals surface area (Å²) in [6, 6.07) is 0. The highest BCUT2D eigenvalue weighted by molar-refractivity contribution is 5.66. The molecule has 2 aromatic heterocycles. The van der Waals surface area contributed by atoms with Crippen molar-refractivity contribution in [2.24, 2.45) is 0 Å². The molecule has 20 nitrogen and oxygen atoms in total. The molecule has 0 radical (unpaired) electrons. The summed E-state index contributed by atoms with van der Waals surface area (Å²) in [5.41, 5.74) is 0.683. The van der Waals surface area contributed by atoms with Crippen LogP contribution in [-0.2, 0) is 5.79 Å². The lowest BCUT2D eigenvalue weighted by Crippen LogP contribution is -2.50. The van der Waals surface area contributed by atoms with Gasteiger partial charge in [0.1, 0.15) is 0 Å². The smallest absolute Gasteiger partial charge is 0.376 e. The first-order valence-electron chi connectivity index (χ1n) is 5.75. The number of anilines is 1. The fraction of sp³-hybridized carbons (Fsp3) is 0.167. The van der Waals surface area contributed by atoms with Crippen molar-refractivity contribution < 1.29 is 24.6 Å². The zero-order chi connectivity index (χ0) is 20.0. The fourth-order valence-corrected chi connectivity index (χ4v) is 1.88. The third kappa shape index (κ3) is 2.05. The number of nitrogens with two attached hydrogens (primary N) is 1. The highest BCUT2D eigenvalue weighted by atomic mass is 16.7. The molecule has 0 aliphatic carbocycles. The molecule has 0 aliphatic heterocycles. The standard InChI is InChI=1S/C6H2N10O10/c7-3-5(13(19)20)9-8-4-1(12(17)18)2(10-11(3)4)6(14(21)22,15(23)24)16(25)26/h7H2. The van der Waals surface area contributed by atoms with Gasteiger partial charge in [0, 0.05) is 0 Å². The molecule has 0 aliphatic rings. The maximum absolute atomic E-state index is 11.2. The third-order valence-electron chi connectivity index (χ3n) is 2.97. The van der Waals surface area contributed by atoms with Crippen LogP contribution in [0.4, 0.5) is 17.3 Å². The van der Waals surface area contributed by atoms with Crippen molar-refractivity contribution in [1.82, 2.24) is 19.8 Å². The van der Waals surface area contributed by atoms with Gasteiger partial charge >= 0.3 is 23.0 Å². The maximum Gasteiger partial charge on any atom is 0.754 e. The van der Waals surface area contributed by atoms with E-state index in [9.17, 15) is 50.6 Å². The lowest BCUT2D eigenvalue weighted by molar-refractivity contribution is -0.986. The first-order chi connectivity index (χ1) is 12.0. The molecule has 0 aromatic carbocycles. The van der Waals surface area contributed by atoms with Crippen molar-refractivity contribution in [2.75, 3.05) is 5.73 Å². The number of nitro groups is 5. The Hall–Kier alpha value is -4.65. The molecule has 2 aromatic rings. The van der Waals surface area contributed by atoms with Gasteiger partial charge in [0.25, 0.3) is 5.65 Å². The van der Waals surface area contributed by atoms with Crippen molar-refractivity contribution in [3.8, 4) is 0 Å². The van der Waals surface area contributed by atoms with E-state index in [-0.39, 0.29) is 4.52 Å². The summed E-state index contributed by atoms with van der Waals surface area (Å²) in [5, 5.41) is 64.2. The molecule has 2 rings (SSSR count). The Morgan fingerprint density at radius 2 is 1.35 bits per heavy atom. The van der Waals surface area contributed by atoms with Gasteiger partial charge in [-0.15, -0.1) is 5.10 Å². The van der Waals surface area contributed by atoms with Crippen LogP contribution in [0.3, 0.4) is 0 Å². The van der Waals surface area contributed by atoms with E-state index in [0.717, 1.165) is 0 Å². The monoisotopic (exact) mass is 374 g/mol. The fourth-order valence-electron chi connectivity index (χ4n) is 1.88. The highest BCUT2D eigenvalue weighted by Gasteiger charge is 2.78. The minimum atomic E-state index is -4.49. The van der Waals surface area contributed by atoms with Crippen LogP contribution in [0.1, 0.15) is 5.69 Å². The zero-order valence-corrected chi connectivity index (χ0v) is 11.7. The van der Waals surface area contributed by atoms with E-state index < -0.39 is 59.1 Å². The predicted octanol–water partition coefficient (Wildman–Crippen LogP) is -1.54. The van der Waals surface area contributed by atoms with Gasteiger partial charge in [-0.3, -0.25) is 40.5 Å². The lowest BCUT2D eigenvalue weighted by Gasteiger charge is -2.05. The molecule has 0 fully saturated rings. The van der Waals surface area contributed by atoms with Gasteiger partial charge in [-0.1, -0.05) is 0 Å². The molecule has 136 valence electrons. The molecular weight excluding hydrogens is 372 g/mol. The van der Waals surface area contributed by atoms with Gasteiger partial charge in [-0.05, 0) is 10.0 Å². The molecule has 0 saturated carbocycles.